The third-order valence-electron chi connectivity index (χ3n) is 10.1. The van der Waals surface area contributed by atoms with Crippen LogP contribution < -0.4 is 14.4 Å². The first-order valence-electron chi connectivity index (χ1n) is 15.1. The van der Waals surface area contributed by atoms with Crippen molar-refractivity contribution in [1.82, 2.24) is 14.9 Å². The van der Waals surface area contributed by atoms with Crippen molar-refractivity contribution in [1.29, 1.82) is 0 Å². The standard InChI is InChI=1S/C34H32F2N4O3/c1-3-21-24(35)10-9-19-15-20(41)16-22(28(19)21)23-17-27-29-31(30(23)36)37-33(42-18-34-11-5-13-40(34)14-6-12-34)38-32(29)39(2)25-7-4-8-26(25)43-27/h1,9-10,15-17,25-26,41H,4-8,11-14,18H2,2H3/t25?,26-/m0/s1. The Kier molecular flexibility index (Phi) is 5.96. The maximum atomic E-state index is 16.9. The molecule has 1 saturated carbocycles. The van der Waals surface area contributed by atoms with Crippen LogP contribution in [0.1, 0.15) is 50.5 Å². The second-order valence-electron chi connectivity index (χ2n) is 12.4. The van der Waals surface area contributed by atoms with E-state index in [4.69, 9.17) is 20.9 Å². The van der Waals surface area contributed by atoms with Gasteiger partial charge in [-0.25, -0.2) is 8.78 Å². The molecule has 0 spiro atoms. The smallest absolute Gasteiger partial charge is 0.319 e. The van der Waals surface area contributed by atoms with Crippen molar-refractivity contribution in [2.75, 3.05) is 31.6 Å². The lowest BCUT2D eigenvalue weighted by molar-refractivity contribution is 0.108. The summed E-state index contributed by atoms with van der Waals surface area (Å²) in [5, 5.41) is 11.9. The topological polar surface area (TPSA) is 71.0 Å². The highest BCUT2D eigenvalue weighted by atomic mass is 19.1. The number of likely N-dealkylation sites (N-methyl/N-ethyl adjacent to an activating group) is 1. The minimum atomic E-state index is -0.642. The third kappa shape index (κ3) is 3.96. The lowest BCUT2D eigenvalue weighted by Crippen LogP contribution is -2.43. The molecule has 4 aliphatic rings. The molecule has 2 saturated heterocycles. The number of aromatic hydroxyl groups is 1. The predicted molar refractivity (Wildman–Crippen MR) is 161 cm³/mol. The van der Waals surface area contributed by atoms with Gasteiger partial charge in [0.05, 0.1) is 22.5 Å². The number of nitrogens with zero attached hydrogens (tertiary/aromatic N) is 4. The monoisotopic (exact) mass is 582 g/mol. The molecule has 43 heavy (non-hydrogen) atoms. The summed E-state index contributed by atoms with van der Waals surface area (Å²) >= 11 is 0. The van der Waals surface area contributed by atoms with Gasteiger partial charge >= 0.3 is 6.01 Å². The number of fused-ring (bicyclic) bond motifs is 3. The molecule has 0 amide bonds. The van der Waals surface area contributed by atoms with Gasteiger partial charge in [0.15, 0.2) is 5.82 Å². The molecule has 1 aromatic heterocycles. The number of halogens is 2. The van der Waals surface area contributed by atoms with E-state index >= 15 is 4.39 Å². The van der Waals surface area contributed by atoms with Gasteiger partial charge in [-0.1, -0.05) is 12.0 Å². The van der Waals surface area contributed by atoms with E-state index in [0.717, 1.165) is 58.0 Å². The zero-order chi connectivity index (χ0) is 29.5. The van der Waals surface area contributed by atoms with Crippen molar-refractivity contribution in [2.24, 2.45) is 0 Å². The molecule has 1 unspecified atom stereocenters. The Balaban J connectivity index is 1.35. The van der Waals surface area contributed by atoms with Crippen molar-refractivity contribution < 1.29 is 23.4 Å². The molecule has 1 N–H and O–H groups in total. The Morgan fingerprint density at radius 3 is 2.67 bits per heavy atom. The number of anilines is 1. The van der Waals surface area contributed by atoms with Crippen molar-refractivity contribution in [2.45, 2.75) is 62.6 Å². The molecule has 3 aromatic carbocycles. The average Bonchev–Trinajstić information content (AvgIpc) is 3.71. The molecule has 9 heteroatoms. The highest BCUT2D eigenvalue weighted by Crippen LogP contribution is 2.47. The fourth-order valence-electron chi connectivity index (χ4n) is 8.06. The Hall–Kier alpha value is -4.16. The molecule has 1 aliphatic carbocycles. The molecule has 8 rings (SSSR count). The van der Waals surface area contributed by atoms with Gasteiger partial charge in [0.25, 0.3) is 0 Å². The van der Waals surface area contributed by atoms with Crippen molar-refractivity contribution >= 4 is 27.5 Å². The van der Waals surface area contributed by atoms with Crippen molar-refractivity contribution in [3.8, 4) is 41.0 Å². The summed E-state index contributed by atoms with van der Waals surface area (Å²) in [7, 11) is 1.97. The summed E-state index contributed by atoms with van der Waals surface area (Å²) in [5.41, 5.74) is 0.396. The number of ether oxygens (including phenoxy) is 2. The number of benzene rings is 3. The van der Waals surface area contributed by atoms with Crippen LogP contribution in [0.15, 0.2) is 30.3 Å². The van der Waals surface area contributed by atoms with Crippen molar-refractivity contribution in [3.63, 3.8) is 0 Å². The zero-order valence-electron chi connectivity index (χ0n) is 24.0. The fourth-order valence-corrected chi connectivity index (χ4v) is 8.06. The molecule has 0 radical (unpaired) electrons. The number of hydrogen-bond acceptors (Lipinski definition) is 7. The van der Waals surface area contributed by atoms with Crippen LogP contribution in [-0.4, -0.2) is 64.4 Å². The van der Waals surface area contributed by atoms with E-state index in [9.17, 15) is 9.50 Å². The van der Waals surface area contributed by atoms with Gasteiger partial charge in [0, 0.05) is 18.0 Å². The Bertz CT molecular complexity index is 1840. The van der Waals surface area contributed by atoms with Crippen LogP contribution >= 0.6 is 0 Å². The largest absolute Gasteiger partial charge is 0.508 e. The predicted octanol–water partition coefficient (Wildman–Crippen LogP) is 6.17. The number of rotatable bonds is 4. The molecule has 7 nitrogen and oxygen atoms in total. The molecule has 2 atom stereocenters. The van der Waals surface area contributed by atoms with Crippen LogP contribution in [0.5, 0.6) is 17.5 Å². The lowest BCUT2D eigenvalue weighted by atomic mass is 9.92. The molecule has 4 heterocycles. The SMILES string of the molecule is C#Cc1c(F)ccc2cc(O)cc(-c3cc4c5c(nc(OCC67CCCN6CCC7)nc5c3F)N(C)C3CCC[C@@H]3O4)c12. The Morgan fingerprint density at radius 2 is 1.88 bits per heavy atom. The van der Waals surface area contributed by atoms with Gasteiger partial charge in [0.1, 0.15) is 41.4 Å². The molecule has 4 aromatic rings. The van der Waals surface area contributed by atoms with Gasteiger partial charge in [0.2, 0.25) is 0 Å². The number of phenols is 1. The van der Waals surface area contributed by atoms with Crippen LogP contribution in [0.3, 0.4) is 0 Å². The van der Waals surface area contributed by atoms with Gasteiger partial charge in [-0.2, -0.15) is 9.97 Å². The highest BCUT2D eigenvalue weighted by Gasteiger charge is 2.45. The first-order valence-corrected chi connectivity index (χ1v) is 15.1. The van der Waals surface area contributed by atoms with Gasteiger partial charge in [-0.3, -0.25) is 4.90 Å². The maximum absolute atomic E-state index is 16.9. The molecule has 0 bridgehead atoms. The van der Waals surface area contributed by atoms with E-state index in [1.807, 2.05) is 7.05 Å². The summed E-state index contributed by atoms with van der Waals surface area (Å²) < 4.78 is 44.7. The highest BCUT2D eigenvalue weighted by molar-refractivity contribution is 6.05. The second-order valence-corrected chi connectivity index (χ2v) is 12.4. The lowest BCUT2D eigenvalue weighted by Gasteiger charge is -2.31. The van der Waals surface area contributed by atoms with Crippen LogP contribution in [0.4, 0.5) is 14.6 Å². The third-order valence-corrected chi connectivity index (χ3v) is 10.1. The zero-order valence-corrected chi connectivity index (χ0v) is 24.0. The van der Waals surface area contributed by atoms with Crippen molar-refractivity contribution in [3.05, 3.63) is 47.5 Å². The van der Waals surface area contributed by atoms with E-state index in [0.29, 0.717) is 34.3 Å². The van der Waals surface area contributed by atoms with E-state index in [-0.39, 0.29) is 51.7 Å². The average molecular weight is 583 g/mol. The van der Waals surface area contributed by atoms with E-state index < -0.39 is 11.6 Å². The van der Waals surface area contributed by atoms with Gasteiger partial charge in [-0.15, -0.1) is 6.42 Å². The van der Waals surface area contributed by atoms with Crippen LogP contribution in [0.25, 0.3) is 32.8 Å². The van der Waals surface area contributed by atoms with E-state index in [1.54, 1.807) is 6.07 Å². The van der Waals surface area contributed by atoms with E-state index in [2.05, 4.69) is 20.7 Å². The number of hydrogen-bond donors (Lipinski definition) is 1. The molecule has 3 aliphatic heterocycles. The van der Waals surface area contributed by atoms with Gasteiger partial charge < -0.3 is 19.5 Å². The quantitative estimate of drug-likeness (QED) is 0.289. The summed E-state index contributed by atoms with van der Waals surface area (Å²) in [6.07, 6.45) is 12.8. The molecular formula is C34H32F2N4O3. The summed E-state index contributed by atoms with van der Waals surface area (Å²) in [6.45, 7) is 2.58. The first kappa shape index (κ1) is 26.5. The summed E-state index contributed by atoms with van der Waals surface area (Å²) in [5.74, 6) is 2.10. The Labute approximate surface area is 248 Å². The second kappa shape index (κ2) is 9.68. The maximum Gasteiger partial charge on any atom is 0.319 e. The van der Waals surface area contributed by atoms with Gasteiger partial charge in [-0.05, 0) is 93.3 Å². The summed E-state index contributed by atoms with van der Waals surface area (Å²) in [6, 6.07) is 7.48. The normalized spacial score (nSPS) is 22.3. The first-order chi connectivity index (χ1) is 20.9. The Morgan fingerprint density at radius 1 is 1.07 bits per heavy atom. The van der Waals surface area contributed by atoms with Crippen LogP contribution in [0.2, 0.25) is 0 Å². The van der Waals surface area contributed by atoms with Crippen LogP contribution in [0, 0.1) is 24.0 Å². The molecule has 3 fully saturated rings. The summed E-state index contributed by atoms with van der Waals surface area (Å²) in [4.78, 5) is 14.1. The number of phenolic OH excluding ortho intramolecular Hbond substituents is 1. The molecular weight excluding hydrogens is 550 g/mol. The van der Waals surface area contributed by atoms with Crippen LogP contribution in [-0.2, 0) is 0 Å². The number of aromatic nitrogens is 2. The minimum Gasteiger partial charge on any atom is -0.508 e. The number of terminal acetylenes is 1. The van der Waals surface area contributed by atoms with E-state index in [1.165, 1.54) is 24.3 Å². The molecule has 220 valence electrons. The fraction of sp³-hybridized carbons (Fsp3) is 0.412. The minimum absolute atomic E-state index is 0.00120.